The van der Waals surface area contributed by atoms with Crippen molar-refractivity contribution in [2.75, 3.05) is 43.0 Å². The molecule has 0 radical (unpaired) electrons. The van der Waals surface area contributed by atoms with Crippen LogP contribution in [-0.4, -0.2) is 53.1 Å². The quantitative estimate of drug-likeness (QED) is 0.333. The average molecular weight is 573 g/mol. The molecule has 2 N–H and O–H groups in total. The SMILES string of the molecule is CCOc1cc2cnc(Nc3ccc(N4CCNCC4)c(Cl)c3)nc2n(C2C(=O)c3ccccc3CC2(C)C)c1=O. The number of ether oxygens (including phenoxy) is 1. The molecule has 1 fully saturated rings. The molecule has 0 amide bonds. The minimum absolute atomic E-state index is 0.114. The molecule has 2 aromatic heterocycles. The Morgan fingerprint density at radius 3 is 2.66 bits per heavy atom. The van der Waals surface area contributed by atoms with Crippen molar-refractivity contribution in [1.82, 2.24) is 19.9 Å². The lowest BCUT2D eigenvalue weighted by Gasteiger charge is -2.39. The molecule has 2 aromatic carbocycles. The number of carbonyl (C=O) groups is 1. The number of fused-ring (bicyclic) bond motifs is 2. The molecule has 3 heterocycles. The minimum atomic E-state index is -0.775. The number of carbonyl (C=O) groups excluding carboxylic acids is 1. The fourth-order valence-electron chi connectivity index (χ4n) is 6.00. The van der Waals surface area contributed by atoms with Gasteiger partial charge in [-0.05, 0) is 48.6 Å². The van der Waals surface area contributed by atoms with Crippen LogP contribution >= 0.6 is 11.6 Å². The summed E-state index contributed by atoms with van der Waals surface area (Å²) in [6.45, 7) is 9.78. The van der Waals surface area contributed by atoms with Crippen molar-refractivity contribution in [3.05, 3.63) is 81.2 Å². The molecule has 4 aromatic rings. The van der Waals surface area contributed by atoms with E-state index in [1.54, 1.807) is 12.3 Å². The first-order valence-corrected chi connectivity index (χ1v) is 14.3. The third kappa shape index (κ3) is 5.04. The average Bonchev–Trinajstić information content (AvgIpc) is 2.95. The van der Waals surface area contributed by atoms with E-state index < -0.39 is 17.0 Å². The van der Waals surface area contributed by atoms with Crippen molar-refractivity contribution < 1.29 is 9.53 Å². The van der Waals surface area contributed by atoms with Crippen molar-refractivity contribution in [3.63, 3.8) is 0 Å². The van der Waals surface area contributed by atoms with Crippen molar-refractivity contribution in [2.45, 2.75) is 33.2 Å². The van der Waals surface area contributed by atoms with Crippen LogP contribution in [0.25, 0.3) is 11.0 Å². The number of hydrogen-bond donors (Lipinski definition) is 2. The Morgan fingerprint density at radius 1 is 1.12 bits per heavy atom. The Hall–Kier alpha value is -3.95. The molecule has 1 unspecified atom stereocenters. The van der Waals surface area contributed by atoms with Crippen molar-refractivity contribution in [3.8, 4) is 5.75 Å². The van der Waals surface area contributed by atoms with Gasteiger partial charge in [-0.1, -0.05) is 49.7 Å². The minimum Gasteiger partial charge on any atom is -0.488 e. The molecular weight excluding hydrogens is 540 g/mol. The molecule has 9 nitrogen and oxygen atoms in total. The number of anilines is 3. The fourth-order valence-corrected chi connectivity index (χ4v) is 6.30. The van der Waals surface area contributed by atoms with E-state index in [1.807, 2.05) is 63.2 Å². The van der Waals surface area contributed by atoms with Crippen LogP contribution in [0, 0.1) is 5.41 Å². The lowest BCUT2D eigenvalue weighted by atomic mass is 9.69. The van der Waals surface area contributed by atoms with E-state index in [0.29, 0.717) is 40.6 Å². The number of halogens is 1. The van der Waals surface area contributed by atoms with Crippen LogP contribution in [0.1, 0.15) is 42.7 Å². The predicted octanol–water partition coefficient (Wildman–Crippen LogP) is 5.00. The summed E-state index contributed by atoms with van der Waals surface area (Å²) < 4.78 is 7.22. The highest BCUT2D eigenvalue weighted by Crippen LogP contribution is 2.43. The van der Waals surface area contributed by atoms with Crippen LogP contribution < -0.4 is 25.8 Å². The van der Waals surface area contributed by atoms with Crippen LogP contribution in [-0.2, 0) is 6.42 Å². The van der Waals surface area contributed by atoms with Gasteiger partial charge in [-0.3, -0.25) is 14.2 Å². The van der Waals surface area contributed by atoms with E-state index in [-0.39, 0.29) is 11.5 Å². The van der Waals surface area contributed by atoms with E-state index in [9.17, 15) is 9.59 Å². The van der Waals surface area contributed by atoms with Gasteiger partial charge in [-0.15, -0.1) is 0 Å². The van der Waals surface area contributed by atoms with Gasteiger partial charge in [0.25, 0.3) is 5.56 Å². The molecule has 0 bridgehead atoms. The van der Waals surface area contributed by atoms with E-state index in [1.165, 1.54) is 4.57 Å². The highest BCUT2D eigenvalue weighted by atomic mass is 35.5. The smallest absolute Gasteiger partial charge is 0.295 e. The topological polar surface area (TPSA) is 101 Å². The van der Waals surface area contributed by atoms with Gasteiger partial charge in [0.15, 0.2) is 11.5 Å². The maximum atomic E-state index is 14.0. The van der Waals surface area contributed by atoms with Crippen LogP contribution in [0.15, 0.2) is 59.5 Å². The summed E-state index contributed by atoms with van der Waals surface area (Å²) in [5.74, 6) is 0.349. The summed E-state index contributed by atoms with van der Waals surface area (Å²) >= 11 is 6.67. The van der Waals surface area contributed by atoms with Gasteiger partial charge < -0.3 is 20.3 Å². The summed E-state index contributed by atoms with van der Waals surface area (Å²) in [5, 5.41) is 7.82. The maximum Gasteiger partial charge on any atom is 0.295 e. The Balaban J connectivity index is 1.43. The Labute approximate surface area is 243 Å². The molecule has 1 aliphatic heterocycles. The first-order valence-electron chi connectivity index (χ1n) is 14.0. The van der Waals surface area contributed by atoms with Crippen LogP contribution in [0.5, 0.6) is 5.75 Å². The van der Waals surface area contributed by atoms with Crippen molar-refractivity contribution in [1.29, 1.82) is 0 Å². The van der Waals surface area contributed by atoms with Crippen LogP contribution in [0.3, 0.4) is 0 Å². The Bertz CT molecular complexity index is 1700. The lowest BCUT2D eigenvalue weighted by Crippen LogP contribution is -2.44. The second kappa shape index (κ2) is 10.8. The Morgan fingerprint density at radius 2 is 1.90 bits per heavy atom. The number of rotatable bonds is 6. The van der Waals surface area contributed by atoms with Gasteiger partial charge in [0, 0.05) is 49.0 Å². The second-order valence-corrected chi connectivity index (χ2v) is 11.6. The zero-order valence-electron chi connectivity index (χ0n) is 23.4. The number of aromatic nitrogens is 3. The Kier molecular flexibility index (Phi) is 7.17. The molecule has 6 rings (SSSR count). The number of hydrogen-bond acceptors (Lipinski definition) is 8. The van der Waals surface area contributed by atoms with Gasteiger partial charge in [0.2, 0.25) is 5.95 Å². The normalized spacial score (nSPS) is 18.3. The molecule has 41 heavy (non-hydrogen) atoms. The first-order chi connectivity index (χ1) is 19.8. The van der Waals surface area contributed by atoms with Crippen molar-refractivity contribution >= 4 is 45.7 Å². The standard InChI is InChI=1S/C31H33ClN6O3/c1-4-41-25-15-20-18-34-30(35-21-9-10-24(23(32)16-21)37-13-11-33-12-14-37)36-28(20)38(29(25)40)27-26(39)22-8-6-5-7-19(22)17-31(27,2)3/h5-10,15-16,18,27,33H,4,11-14,17H2,1-3H3,(H,34,35,36). The molecular formula is C31H33ClN6O3. The monoisotopic (exact) mass is 572 g/mol. The van der Waals surface area contributed by atoms with Gasteiger partial charge in [0.05, 0.1) is 17.3 Å². The summed E-state index contributed by atoms with van der Waals surface area (Å²) in [4.78, 5) is 39.4. The molecule has 1 aliphatic carbocycles. The first kappa shape index (κ1) is 27.2. The number of nitrogens with one attached hydrogen (secondary N) is 2. The van der Waals surface area contributed by atoms with E-state index in [4.69, 9.17) is 21.3 Å². The molecule has 0 saturated carbocycles. The van der Waals surface area contributed by atoms with E-state index in [0.717, 1.165) is 43.1 Å². The molecule has 10 heteroatoms. The number of pyridine rings is 1. The zero-order valence-corrected chi connectivity index (χ0v) is 24.2. The highest BCUT2D eigenvalue weighted by molar-refractivity contribution is 6.33. The molecule has 1 saturated heterocycles. The molecule has 1 atom stereocenters. The summed E-state index contributed by atoms with van der Waals surface area (Å²) in [7, 11) is 0. The zero-order chi connectivity index (χ0) is 28.7. The van der Waals surface area contributed by atoms with Crippen LogP contribution in [0.4, 0.5) is 17.3 Å². The van der Waals surface area contributed by atoms with Crippen molar-refractivity contribution in [2.24, 2.45) is 5.41 Å². The third-order valence-corrected chi connectivity index (χ3v) is 8.18. The van der Waals surface area contributed by atoms with Gasteiger partial charge in [-0.25, -0.2) is 4.98 Å². The lowest BCUT2D eigenvalue weighted by molar-refractivity contribution is 0.0778. The predicted molar refractivity (Wildman–Crippen MR) is 162 cm³/mol. The number of ketones is 1. The number of piperazine rings is 1. The van der Waals surface area contributed by atoms with Crippen LogP contribution in [0.2, 0.25) is 5.02 Å². The molecule has 2 aliphatic rings. The number of nitrogens with zero attached hydrogens (tertiary/aromatic N) is 4. The maximum absolute atomic E-state index is 14.0. The fraction of sp³-hybridized carbons (Fsp3) is 0.355. The molecule has 212 valence electrons. The number of benzene rings is 2. The molecule has 0 spiro atoms. The summed E-state index contributed by atoms with van der Waals surface area (Å²) in [6.07, 6.45) is 2.29. The van der Waals surface area contributed by atoms with Gasteiger partial charge >= 0.3 is 0 Å². The summed E-state index contributed by atoms with van der Waals surface area (Å²) in [5.41, 5.74) is 2.73. The largest absolute Gasteiger partial charge is 0.488 e. The summed E-state index contributed by atoms with van der Waals surface area (Å²) in [6, 6.07) is 14.2. The highest BCUT2D eigenvalue weighted by Gasteiger charge is 2.44. The number of Topliss-reactive ketones (excluding diaryl/α,β-unsaturated/α-hetero) is 1. The van der Waals surface area contributed by atoms with E-state index in [2.05, 4.69) is 20.5 Å². The van der Waals surface area contributed by atoms with Gasteiger partial charge in [-0.2, -0.15) is 4.98 Å². The third-order valence-electron chi connectivity index (χ3n) is 7.88. The van der Waals surface area contributed by atoms with E-state index >= 15 is 0 Å². The van der Waals surface area contributed by atoms with Gasteiger partial charge in [0.1, 0.15) is 11.7 Å². The second-order valence-electron chi connectivity index (χ2n) is 11.2.